The standard InChI is InChI=1S/C12H13N3/c1-8-3-2-6-13-11(8)12-14-7-10(15-12)9-4-5-9/h2-3,6-7,9H,4-5H2,1H3,(H,14,15). The number of aromatic amines is 1. The van der Waals surface area contributed by atoms with Gasteiger partial charge in [0.25, 0.3) is 0 Å². The van der Waals surface area contributed by atoms with E-state index in [1.165, 1.54) is 18.5 Å². The van der Waals surface area contributed by atoms with Crippen LogP contribution in [-0.4, -0.2) is 15.0 Å². The van der Waals surface area contributed by atoms with E-state index in [4.69, 9.17) is 0 Å². The lowest BCUT2D eigenvalue weighted by molar-refractivity contribution is 1.05. The lowest BCUT2D eigenvalue weighted by Crippen LogP contribution is -1.89. The molecule has 1 aliphatic carbocycles. The van der Waals surface area contributed by atoms with Crippen molar-refractivity contribution in [2.75, 3.05) is 0 Å². The van der Waals surface area contributed by atoms with Crippen molar-refractivity contribution in [1.82, 2.24) is 15.0 Å². The van der Waals surface area contributed by atoms with Crippen LogP contribution in [0.3, 0.4) is 0 Å². The minimum absolute atomic E-state index is 0.718. The van der Waals surface area contributed by atoms with Crippen LogP contribution in [0.1, 0.15) is 30.0 Å². The van der Waals surface area contributed by atoms with Gasteiger partial charge in [-0.1, -0.05) is 6.07 Å². The van der Waals surface area contributed by atoms with Crippen molar-refractivity contribution in [2.45, 2.75) is 25.7 Å². The molecule has 0 atom stereocenters. The van der Waals surface area contributed by atoms with Gasteiger partial charge in [-0.15, -0.1) is 0 Å². The number of imidazole rings is 1. The van der Waals surface area contributed by atoms with E-state index in [0.717, 1.165) is 23.0 Å². The molecule has 3 nitrogen and oxygen atoms in total. The second kappa shape index (κ2) is 3.19. The number of aryl methyl sites for hydroxylation is 1. The zero-order chi connectivity index (χ0) is 10.3. The van der Waals surface area contributed by atoms with E-state index in [1.807, 2.05) is 18.5 Å². The van der Waals surface area contributed by atoms with Crippen molar-refractivity contribution in [1.29, 1.82) is 0 Å². The van der Waals surface area contributed by atoms with Crippen molar-refractivity contribution in [3.8, 4) is 11.5 Å². The highest BCUT2D eigenvalue weighted by molar-refractivity contribution is 5.54. The summed E-state index contributed by atoms with van der Waals surface area (Å²) in [5.74, 6) is 1.62. The first kappa shape index (κ1) is 8.65. The molecule has 15 heavy (non-hydrogen) atoms. The molecule has 0 radical (unpaired) electrons. The van der Waals surface area contributed by atoms with E-state index in [1.54, 1.807) is 0 Å². The molecule has 1 saturated carbocycles. The summed E-state index contributed by atoms with van der Waals surface area (Å²) >= 11 is 0. The van der Waals surface area contributed by atoms with Gasteiger partial charge >= 0.3 is 0 Å². The van der Waals surface area contributed by atoms with Crippen molar-refractivity contribution in [3.05, 3.63) is 35.8 Å². The average Bonchev–Trinajstić information content (AvgIpc) is 2.99. The summed E-state index contributed by atoms with van der Waals surface area (Å²) in [6.45, 7) is 2.06. The smallest absolute Gasteiger partial charge is 0.156 e. The first-order valence-corrected chi connectivity index (χ1v) is 5.31. The van der Waals surface area contributed by atoms with Crippen molar-refractivity contribution >= 4 is 0 Å². The van der Waals surface area contributed by atoms with Crippen LogP contribution in [-0.2, 0) is 0 Å². The lowest BCUT2D eigenvalue weighted by Gasteiger charge is -1.99. The molecule has 0 saturated heterocycles. The Hall–Kier alpha value is -1.64. The van der Waals surface area contributed by atoms with Gasteiger partial charge in [0.15, 0.2) is 5.82 Å². The first-order valence-electron chi connectivity index (χ1n) is 5.31. The minimum atomic E-state index is 0.718. The summed E-state index contributed by atoms with van der Waals surface area (Å²) in [7, 11) is 0. The third kappa shape index (κ3) is 1.54. The molecule has 0 amide bonds. The molecule has 3 heteroatoms. The van der Waals surface area contributed by atoms with E-state index in [9.17, 15) is 0 Å². The summed E-state index contributed by atoms with van der Waals surface area (Å²) in [4.78, 5) is 12.1. The number of nitrogens with one attached hydrogen (secondary N) is 1. The number of nitrogens with zero attached hydrogens (tertiary/aromatic N) is 2. The zero-order valence-corrected chi connectivity index (χ0v) is 8.70. The molecule has 0 bridgehead atoms. The highest BCUT2D eigenvalue weighted by atomic mass is 14.9. The molecule has 0 aromatic carbocycles. The summed E-state index contributed by atoms with van der Waals surface area (Å²) < 4.78 is 0. The molecule has 0 spiro atoms. The summed E-state index contributed by atoms with van der Waals surface area (Å²) in [6.07, 6.45) is 6.34. The molecule has 1 N–H and O–H groups in total. The van der Waals surface area contributed by atoms with Crippen LogP contribution in [0.25, 0.3) is 11.5 Å². The van der Waals surface area contributed by atoms with Gasteiger partial charge in [-0.25, -0.2) is 4.98 Å². The molecule has 2 heterocycles. The molecule has 2 aromatic heterocycles. The second-order valence-electron chi connectivity index (χ2n) is 4.13. The Morgan fingerprint density at radius 1 is 1.33 bits per heavy atom. The Kier molecular flexibility index (Phi) is 1.84. The van der Waals surface area contributed by atoms with Gasteiger partial charge < -0.3 is 4.98 Å². The summed E-state index contributed by atoms with van der Waals surface area (Å²) in [5.41, 5.74) is 3.38. The van der Waals surface area contributed by atoms with Crippen LogP contribution < -0.4 is 0 Å². The van der Waals surface area contributed by atoms with Crippen LogP contribution in [0.15, 0.2) is 24.5 Å². The largest absolute Gasteiger partial charge is 0.340 e. The SMILES string of the molecule is Cc1cccnc1-c1ncc(C2CC2)[nH]1. The number of aromatic nitrogens is 3. The number of hydrogen-bond acceptors (Lipinski definition) is 2. The zero-order valence-electron chi connectivity index (χ0n) is 8.70. The fourth-order valence-electron chi connectivity index (χ4n) is 1.79. The van der Waals surface area contributed by atoms with Crippen LogP contribution >= 0.6 is 0 Å². The maximum Gasteiger partial charge on any atom is 0.156 e. The van der Waals surface area contributed by atoms with Gasteiger partial charge in [-0.2, -0.15) is 0 Å². The number of H-pyrrole nitrogens is 1. The quantitative estimate of drug-likeness (QED) is 0.807. The van der Waals surface area contributed by atoms with Crippen molar-refractivity contribution < 1.29 is 0 Å². The molecular formula is C12H13N3. The Bertz CT molecular complexity index is 483. The highest BCUT2D eigenvalue weighted by Gasteiger charge is 2.25. The van der Waals surface area contributed by atoms with Crippen LogP contribution in [0.2, 0.25) is 0 Å². The van der Waals surface area contributed by atoms with E-state index < -0.39 is 0 Å². The maximum atomic E-state index is 4.39. The third-order valence-electron chi connectivity index (χ3n) is 2.85. The fraction of sp³-hybridized carbons (Fsp3) is 0.333. The van der Waals surface area contributed by atoms with Crippen LogP contribution in [0.4, 0.5) is 0 Å². The van der Waals surface area contributed by atoms with Gasteiger partial charge in [0.1, 0.15) is 5.69 Å². The van der Waals surface area contributed by atoms with Gasteiger partial charge in [0, 0.05) is 24.0 Å². The average molecular weight is 199 g/mol. The van der Waals surface area contributed by atoms with Gasteiger partial charge in [-0.3, -0.25) is 4.98 Å². The Balaban J connectivity index is 2.01. The number of pyridine rings is 1. The molecule has 0 unspecified atom stereocenters. The summed E-state index contributed by atoms with van der Waals surface area (Å²) in [6, 6.07) is 4.01. The van der Waals surface area contributed by atoms with Crippen molar-refractivity contribution in [3.63, 3.8) is 0 Å². The molecule has 76 valence electrons. The Labute approximate surface area is 88.6 Å². The van der Waals surface area contributed by atoms with Crippen molar-refractivity contribution in [2.24, 2.45) is 0 Å². The molecular weight excluding hydrogens is 186 g/mol. The van der Waals surface area contributed by atoms with E-state index in [-0.39, 0.29) is 0 Å². The number of rotatable bonds is 2. The maximum absolute atomic E-state index is 4.39. The monoisotopic (exact) mass is 199 g/mol. The Morgan fingerprint density at radius 3 is 2.93 bits per heavy atom. The second-order valence-corrected chi connectivity index (χ2v) is 4.13. The predicted molar refractivity (Wildman–Crippen MR) is 58.5 cm³/mol. The molecule has 0 aliphatic heterocycles. The number of hydrogen-bond donors (Lipinski definition) is 1. The Morgan fingerprint density at radius 2 is 2.20 bits per heavy atom. The van der Waals surface area contributed by atoms with Crippen LogP contribution in [0.5, 0.6) is 0 Å². The lowest BCUT2D eigenvalue weighted by atomic mass is 10.2. The van der Waals surface area contributed by atoms with E-state index >= 15 is 0 Å². The normalized spacial score (nSPS) is 15.5. The highest BCUT2D eigenvalue weighted by Crippen LogP contribution is 2.39. The molecule has 3 rings (SSSR count). The van der Waals surface area contributed by atoms with Gasteiger partial charge in [-0.05, 0) is 31.4 Å². The predicted octanol–water partition coefficient (Wildman–Crippen LogP) is 2.66. The van der Waals surface area contributed by atoms with Gasteiger partial charge in [0.05, 0.1) is 0 Å². The van der Waals surface area contributed by atoms with E-state index in [0.29, 0.717) is 0 Å². The van der Waals surface area contributed by atoms with E-state index in [2.05, 4.69) is 27.9 Å². The molecule has 1 fully saturated rings. The van der Waals surface area contributed by atoms with Gasteiger partial charge in [0.2, 0.25) is 0 Å². The van der Waals surface area contributed by atoms with Crippen LogP contribution in [0, 0.1) is 6.92 Å². The molecule has 2 aromatic rings. The minimum Gasteiger partial charge on any atom is -0.340 e. The summed E-state index contributed by atoms with van der Waals surface area (Å²) in [5, 5.41) is 0. The topological polar surface area (TPSA) is 41.6 Å². The third-order valence-corrected chi connectivity index (χ3v) is 2.85. The fourth-order valence-corrected chi connectivity index (χ4v) is 1.79. The molecule has 1 aliphatic rings. The first-order chi connectivity index (χ1) is 7.34.